The molecule has 2 aliphatic heterocycles. The van der Waals surface area contributed by atoms with Crippen molar-refractivity contribution in [3.63, 3.8) is 0 Å². The van der Waals surface area contributed by atoms with Crippen molar-refractivity contribution in [1.82, 2.24) is 15.1 Å². The first kappa shape index (κ1) is 22.7. The van der Waals surface area contributed by atoms with Crippen LogP contribution in [0.5, 0.6) is 11.5 Å². The molecule has 1 aromatic carbocycles. The van der Waals surface area contributed by atoms with E-state index in [9.17, 15) is 0 Å². The molecule has 1 aromatic rings. The molecule has 2 aliphatic rings. The van der Waals surface area contributed by atoms with Gasteiger partial charge in [-0.05, 0) is 62.9 Å². The first-order valence-electron chi connectivity index (χ1n) is 11.1. The summed E-state index contributed by atoms with van der Waals surface area (Å²) in [5.41, 5.74) is 1.41. The number of hydrogen-bond acceptors (Lipinski definition) is 5. The number of likely N-dealkylation sites (tertiary alicyclic amines) is 1. The number of likely N-dealkylation sites (N-methyl/N-ethyl adjacent to an activating group) is 1. The number of rotatable bonds is 8. The average molecular weight is 419 g/mol. The van der Waals surface area contributed by atoms with Gasteiger partial charge in [-0.25, -0.2) is 0 Å². The van der Waals surface area contributed by atoms with E-state index in [0.29, 0.717) is 0 Å². The van der Waals surface area contributed by atoms with E-state index in [2.05, 4.69) is 33.2 Å². The lowest BCUT2D eigenvalue weighted by atomic mass is 9.88. The normalized spacial score (nSPS) is 19.5. The van der Waals surface area contributed by atoms with Crippen molar-refractivity contribution in [2.75, 3.05) is 67.7 Å². The molecule has 0 aliphatic carbocycles. The standard InChI is InChI=1S/C23H38N4O3/c1-24-22(25-18-23(10-15-30-16-11-23)27-12-5-6-13-27)26(2)14-9-19-7-8-20(28-3)21(17-19)29-4/h7-8,17H,5-6,9-16,18H2,1-4H3,(H,24,25). The second-order valence-electron chi connectivity index (χ2n) is 8.29. The maximum atomic E-state index is 5.67. The first-order chi connectivity index (χ1) is 14.6. The van der Waals surface area contributed by atoms with Crippen LogP contribution in [0.2, 0.25) is 0 Å². The molecule has 2 heterocycles. The van der Waals surface area contributed by atoms with Gasteiger partial charge in [0, 0.05) is 45.9 Å². The van der Waals surface area contributed by atoms with Gasteiger partial charge in [0.1, 0.15) is 0 Å². The molecule has 3 rings (SSSR count). The number of nitrogens with one attached hydrogen (secondary N) is 1. The number of methoxy groups -OCH3 is 2. The summed E-state index contributed by atoms with van der Waals surface area (Å²) in [7, 11) is 7.30. The van der Waals surface area contributed by atoms with Gasteiger partial charge in [-0.2, -0.15) is 0 Å². The number of nitrogens with zero attached hydrogens (tertiary/aromatic N) is 3. The van der Waals surface area contributed by atoms with Gasteiger partial charge in [0.15, 0.2) is 17.5 Å². The fraction of sp³-hybridized carbons (Fsp3) is 0.696. The highest BCUT2D eigenvalue weighted by atomic mass is 16.5. The van der Waals surface area contributed by atoms with Gasteiger partial charge in [0.25, 0.3) is 0 Å². The van der Waals surface area contributed by atoms with Gasteiger partial charge in [0.2, 0.25) is 0 Å². The van der Waals surface area contributed by atoms with Crippen molar-refractivity contribution < 1.29 is 14.2 Å². The molecule has 7 nitrogen and oxygen atoms in total. The fourth-order valence-electron chi connectivity index (χ4n) is 4.61. The lowest BCUT2D eigenvalue weighted by Gasteiger charge is -2.45. The van der Waals surface area contributed by atoms with Crippen LogP contribution in [-0.4, -0.2) is 89.0 Å². The van der Waals surface area contributed by atoms with Gasteiger partial charge in [-0.3, -0.25) is 9.89 Å². The molecule has 0 aromatic heterocycles. The van der Waals surface area contributed by atoms with Crippen LogP contribution in [0, 0.1) is 0 Å². The highest BCUT2D eigenvalue weighted by Gasteiger charge is 2.39. The summed E-state index contributed by atoms with van der Waals surface area (Å²) >= 11 is 0. The van der Waals surface area contributed by atoms with E-state index in [1.807, 2.05) is 19.2 Å². The summed E-state index contributed by atoms with van der Waals surface area (Å²) in [6, 6.07) is 6.11. The minimum Gasteiger partial charge on any atom is -0.493 e. The van der Waals surface area contributed by atoms with E-state index in [0.717, 1.165) is 63.0 Å². The molecule has 1 N–H and O–H groups in total. The molecule has 0 saturated carbocycles. The van der Waals surface area contributed by atoms with Crippen molar-refractivity contribution in [3.8, 4) is 11.5 Å². The van der Waals surface area contributed by atoms with Crippen LogP contribution in [0.25, 0.3) is 0 Å². The highest BCUT2D eigenvalue weighted by molar-refractivity contribution is 5.79. The van der Waals surface area contributed by atoms with Crippen LogP contribution in [0.1, 0.15) is 31.2 Å². The molecule has 0 atom stereocenters. The van der Waals surface area contributed by atoms with E-state index in [1.54, 1.807) is 14.2 Å². The summed E-state index contributed by atoms with van der Waals surface area (Å²) in [4.78, 5) is 9.42. The van der Waals surface area contributed by atoms with Crippen molar-refractivity contribution in [2.45, 2.75) is 37.6 Å². The smallest absolute Gasteiger partial charge is 0.193 e. The lowest BCUT2D eigenvalue weighted by Crippen LogP contribution is -2.58. The molecule has 0 radical (unpaired) electrons. The summed E-state index contributed by atoms with van der Waals surface area (Å²) in [5.74, 6) is 2.48. The predicted octanol–water partition coefficient (Wildman–Crippen LogP) is 2.40. The second-order valence-corrected chi connectivity index (χ2v) is 8.29. The molecule has 168 valence electrons. The second kappa shape index (κ2) is 10.9. The molecule has 2 fully saturated rings. The summed E-state index contributed by atoms with van der Waals surface area (Å²) in [6.07, 6.45) is 5.70. The monoisotopic (exact) mass is 418 g/mol. The Morgan fingerprint density at radius 1 is 1.17 bits per heavy atom. The number of ether oxygens (including phenoxy) is 3. The van der Waals surface area contributed by atoms with Gasteiger partial charge >= 0.3 is 0 Å². The van der Waals surface area contributed by atoms with Crippen LogP contribution in [-0.2, 0) is 11.2 Å². The van der Waals surface area contributed by atoms with Crippen LogP contribution >= 0.6 is 0 Å². The summed E-state index contributed by atoms with van der Waals surface area (Å²) in [6.45, 7) is 5.90. The van der Waals surface area contributed by atoms with Crippen molar-refractivity contribution >= 4 is 5.96 Å². The summed E-state index contributed by atoms with van der Waals surface area (Å²) in [5, 5.41) is 3.67. The Labute approximate surface area is 181 Å². The molecule has 0 unspecified atom stereocenters. The first-order valence-corrected chi connectivity index (χ1v) is 11.1. The maximum absolute atomic E-state index is 5.67. The van der Waals surface area contributed by atoms with Crippen LogP contribution in [0.4, 0.5) is 0 Å². The molecule has 2 saturated heterocycles. The Bertz CT molecular complexity index is 698. The Morgan fingerprint density at radius 2 is 1.87 bits per heavy atom. The van der Waals surface area contributed by atoms with Crippen LogP contribution in [0.3, 0.4) is 0 Å². The zero-order chi connectivity index (χ0) is 21.4. The Kier molecular flexibility index (Phi) is 8.22. The zero-order valence-corrected chi connectivity index (χ0v) is 19.1. The Morgan fingerprint density at radius 3 is 2.50 bits per heavy atom. The van der Waals surface area contributed by atoms with E-state index < -0.39 is 0 Å². The van der Waals surface area contributed by atoms with E-state index in [1.165, 1.54) is 31.5 Å². The van der Waals surface area contributed by atoms with Crippen LogP contribution in [0.15, 0.2) is 23.2 Å². The molecule has 30 heavy (non-hydrogen) atoms. The Hall–Kier alpha value is -1.99. The highest BCUT2D eigenvalue weighted by Crippen LogP contribution is 2.31. The topological polar surface area (TPSA) is 58.6 Å². The maximum Gasteiger partial charge on any atom is 0.193 e. The fourth-order valence-corrected chi connectivity index (χ4v) is 4.61. The van der Waals surface area contributed by atoms with Crippen molar-refractivity contribution in [1.29, 1.82) is 0 Å². The molecule has 0 spiro atoms. The largest absolute Gasteiger partial charge is 0.493 e. The van der Waals surface area contributed by atoms with Gasteiger partial charge in [-0.15, -0.1) is 0 Å². The quantitative estimate of drug-likeness (QED) is 0.517. The van der Waals surface area contributed by atoms with E-state index >= 15 is 0 Å². The van der Waals surface area contributed by atoms with Gasteiger partial charge in [0.05, 0.1) is 14.2 Å². The van der Waals surface area contributed by atoms with Gasteiger partial charge < -0.3 is 24.4 Å². The summed E-state index contributed by atoms with van der Waals surface area (Å²) < 4.78 is 16.4. The lowest BCUT2D eigenvalue weighted by molar-refractivity contribution is -0.0166. The zero-order valence-electron chi connectivity index (χ0n) is 19.1. The minimum atomic E-state index is 0.189. The number of guanidine groups is 1. The number of aliphatic imine (C=N–C) groups is 1. The van der Waals surface area contributed by atoms with Crippen molar-refractivity contribution in [3.05, 3.63) is 23.8 Å². The third-order valence-electron chi connectivity index (χ3n) is 6.53. The molecule has 0 bridgehead atoms. The average Bonchev–Trinajstić information content (AvgIpc) is 3.34. The van der Waals surface area contributed by atoms with Crippen molar-refractivity contribution in [2.24, 2.45) is 4.99 Å². The van der Waals surface area contributed by atoms with E-state index in [-0.39, 0.29) is 5.54 Å². The third kappa shape index (κ3) is 5.38. The van der Waals surface area contributed by atoms with Crippen LogP contribution < -0.4 is 14.8 Å². The van der Waals surface area contributed by atoms with E-state index in [4.69, 9.17) is 14.2 Å². The third-order valence-corrected chi connectivity index (χ3v) is 6.53. The molecule has 7 heteroatoms. The predicted molar refractivity (Wildman–Crippen MR) is 121 cm³/mol. The SMILES string of the molecule is CN=C(NCC1(N2CCCC2)CCOCC1)N(C)CCc1ccc(OC)c(OC)c1. The number of hydrogen-bond donors (Lipinski definition) is 1. The van der Waals surface area contributed by atoms with Gasteiger partial charge in [-0.1, -0.05) is 6.07 Å². The number of benzene rings is 1. The molecular weight excluding hydrogens is 380 g/mol. The molecule has 0 amide bonds. The molecular formula is C23H38N4O3. The Balaban J connectivity index is 1.57. The minimum absolute atomic E-state index is 0.189.